The van der Waals surface area contributed by atoms with Gasteiger partial charge in [0, 0.05) is 19.0 Å². The molecule has 0 spiro atoms. The summed E-state index contributed by atoms with van der Waals surface area (Å²) in [5, 5.41) is 0. The number of carbonyl (C=O) groups excluding carboxylic acids is 1. The third-order valence-corrected chi connectivity index (χ3v) is 3.42. The van der Waals surface area contributed by atoms with Crippen molar-refractivity contribution in [2.24, 2.45) is 0 Å². The van der Waals surface area contributed by atoms with Gasteiger partial charge in [0.1, 0.15) is 11.5 Å². The minimum atomic E-state index is -0.412. The highest BCUT2D eigenvalue weighted by atomic mass is 19.1. The maximum atomic E-state index is 12.8. The molecule has 20 heavy (non-hydrogen) atoms. The summed E-state index contributed by atoms with van der Waals surface area (Å²) in [5.41, 5.74) is 0.351. The first kappa shape index (κ1) is 16.8. The fraction of sp³-hybridized carbons (Fsp3) is 0.625. The Balaban J connectivity index is 2.45. The van der Waals surface area contributed by atoms with E-state index in [9.17, 15) is 9.18 Å². The van der Waals surface area contributed by atoms with Gasteiger partial charge in [0.25, 0.3) is 0 Å². The van der Waals surface area contributed by atoms with Gasteiger partial charge in [-0.2, -0.15) is 0 Å². The average Bonchev–Trinajstić information content (AvgIpc) is 2.42. The molecule has 0 aliphatic carbocycles. The molecular weight excluding hydrogens is 255 g/mol. The molecule has 1 rings (SSSR count). The van der Waals surface area contributed by atoms with Crippen molar-refractivity contribution < 1.29 is 9.18 Å². The minimum absolute atomic E-state index is 0.0221. The number of pyridine rings is 1. The van der Waals surface area contributed by atoms with Crippen molar-refractivity contribution >= 4 is 5.78 Å². The van der Waals surface area contributed by atoms with Gasteiger partial charge in [0.05, 0.1) is 6.20 Å². The fourth-order valence-electron chi connectivity index (χ4n) is 2.11. The molecule has 0 aliphatic heterocycles. The summed E-state index contributed by atoms with van der Waals surface area (Å²) >= 11 is 0. The first-order valence-corrected chi connectivity index (χ1v) is 7.43. The zero-order valence-electron chi connectivity index (χ0n) is 12.7. The zero-order valence-corrected chi connectivity index (χ0v) is 12.7. The number of nitrogens with zero attached hydrogens (tertiary/aromatic N) is 2. The van der Waals surface area contributed by atoms with E-state index in [4.69, 9.17) is 0 Å². The van der Waals surface area contributed by atoms with Crippen molar-refractivity contribution in [3.05, 3.63) is 29.8 Å². The summed E-state index contributed by atoms with van der Waals surface area (Å²) in [7, 11) is 0. The largest absolute Gasteiger partial charge is 0.300 e. The van der Waals surface area contributed by atoms with Crippen LogP contribution in [0.4, 0.5) is 4.39 Å². The Morgan fingerprint density at radius 2 is 2.05 bits per heavy atom. The van der Waals surface area contributed by atoms with Crippen LogP contribution >= 0.6 is 0 Å². The number of carbonyl (C=O) groups is 1. The number of rotatable bonds is 9. The van der Waals surface area contributed by atoms with E-state index in [1.54, 1.807) is 0 Å². The predicted molar refractivity (Wildman–Crippen MR) is 79.4 cm³/mol. The molecule has 4 heteroatoms. The molecule has 0 atom stereocenters. The van der Waals surface area contributed by atoms with Crippen LogP contribution in [0.5, 0.6) is 0 Å². The van der Waals surface area contributed by atoms with Crippen molar-refractivity contribution in [2.45, 2.75) is 52.5 Å². The van der Waals surface area contributed by atoms with E-state index in [1.807, 2.05) is 0 Å². The van der Waals surface area contributed by atoms with Crippen LogP contribution in [-0.2, 0) is 0 Å². The Bertz CT molecular complexity index is 403. The molecule has 0 radical (unpaired) electrons. The van der Waals surface area contributed by atoms with Gasteiger partial charge in [0.2, 0.25) is 0 Å². The van der Waals surface area contributed by atoms with Crippen LogP contribution in [-0.4, -0.2) is 34.8 Å². The monoisotopic (exact) mass is 280 g/mol. The Hall–Kier alpha value is -1.29. The Morgan fingerprint density at radius 1 is 1.30 bits per heavy atom. The summed E-state index contributed by atoms with van der Waals surface area (Å²) in [6, 6.07) is 3.16. The van der Waals surface area contributed by atoms with E-state index in [0.717, 1.165) is 25.7 Å². The summed E-state index contributed by atoms with van der Waals surface area (Å²) < 4.78 is 12.8. The van der Waals surface area contributed by atoms with Crippen LogP contribution in [0.3, 0.4) is 0 Å². The summed E-state index contributed by atoms with van der Waals surface area (Å²) in [6.45, 7) is 8.23. The highest BCUT2D eigenvalue weighted by Crippen LogP contribution is 2.07. The molecule has 0 amide bonds. The molecule has 0 saturated carbocycles. The quantitative estimate of drug-likeness (QED) is 0.511. The molecule has 1 aromatic heterocycles. The number of ketones is 1. The van der Waals surface area contributed by atoms with E-state index in [1.165, 1.54) is 25.0 Å². The average molecular weight is 280 g/mol. The molecule has 0 aromatic carbocycles. The second kappa shape index (κ2) is 8.80. The van der Waals surface area contributed by atoms with E-state index < -0.39 is 5.82 Å². The number of hydrogen-bond donors (Lipinski definition) is 0. The molecule has 0 fully saturated rings. The smallest absolute Gasteiger partial charge is 0.182 e. The maximum Gasteiger partial charge on any atom is 0.182 e. The van der Waals surface area contributed by atoms with Crippen molar-refractivity contribution in [3.63, 3.8) is 0 Å². The van der Waals surface area contributed by atoms with Gasteiger partial charge in [0.15, 0.2) is 5.78 Å². The molecular formula is C16H25FN2O. The van der Waals surface area contributed by atoms with Crippen LogP contribution in [0.15, 0.2) is 18.3 Å². The Labute approximate surface area is 121 Å². The minimum Gasteiger partial charge on any atom is -0.300 e. The normalized spacial score (nSPS) is 11.3. The lowest BCUT2D eigenvalue weighted by molar-refractivity contribution is 0.0950. The van der Waals surface area contributed by atoms with E-state index in [0.29, 0.717) is 18.2 Å². The molecule has 0 unspecified atom stereocenters. The van der Waals surface area contributed by atoms with Gasteiger partial charge >= 0.3 is 0 Å². The van der Waals surface area contributed by atoms with Gasteiger partial charge in [-0.05, 0) is 38.9 Å². The van der Waals surface area contributed by atoms with Crippen LogP contribution in [0.1, 0.15) is 56.9 Å². The van der Waals surface area contributed by atoms with E-state index in [-0.39, 0.29) is 5.78 Å². The van der Waals surface area contributed by atoms with E-state index >= 15 is 0 Å². The molecule has 112 valence electrons. The number of Topliss-reactive ketones (excluding diaryl/α,β-unsaturated/α-hetero) is 1. The van der Waals surface area contributed by atoms with Gasteiger partial charge < -0.3 is 4.90 Å². The molecule has 0 aliphatic rings. The second-order valence-electron chi connectivity index (χ2n) is 5.37. The van der Waals surface area contributed by atoms with Crippen molar-refractivity contribution in [3.8, 4) is 0 Å². The molecule has 3 nitrogen and oxygen atoms in total. The summed E-state index contributed by atoms with van der Waals surface area (Å²) in [4.78, 5) is 18.2. The maximum absolute atomic E-state index is 12.8. The van der Waals surface area contributed by atoms with Crippen molar-refractivity contribution in [1.82, 2.24) is 9.88 Å². The molecule has 0 saturated heterocycles. The molecule has 0 N–H and O–H groups in total. The van der Waals surface area contributed by atoms with Crippen LogP contribution < -0.4 is 0 Å². The van der Waals surface area contributed by atoms with Gasteiger partial charge in [-0.3, -0.25) is 9.78 Å². The highest BCUT2D eigenvalue weighted by Gasteiger charge is 2.13. The molecule has 1 heterocycles. The standard InChI is InChI=1S/C16H25FN2O/c1-4-5-6-10-19(13(2)3)11-9-16(20)15-8-7-14(17)12-18-15/h7-8,12-13H,4-6,9-11H2,1-3H3. The lowest BCUT2D eigenvalue weighted by atomic mass is 10.1. The topological polar surface area (TPSA) is 33.2 Å². The number of aromatic nitrogens is 1. The SMILES string of the molecule is CCCCCN(CCC(=O)c1ccc(F)cn1)C(C)C. The lowest BCUT2D eigenvalue weighted by Gasteiger charge is -2.26. The van der Waals surface area contributed by atoms with Crippen molar-refractivity contribution in [2.75, 3.05) is 13.1 Å². The number of hydrogen-bond acceptors (Lipinski definition) is 3. The number of unbranched alkanes of at least 4 members (excludes halogenated alkanes) is 2. The summed E-state index contributed by atoms with van der Waals surface area (Å²) in [5.74, 6) is -0.434. The van der Waals surface area contributed by atoms with Crippen LogP contribution in [0.2, 0.25) is 0 Å². The van der Waals surface area contributed by atoms with Crippen LogP contribution in [0, 0.1) is 5.82 Å². The lowest BCUT2D eigenvalue weighted by Crippen LogP contribution is -2.33. The fourth-order valence-corrected chi connectivity index (χ4v) is 2.11. The second-order valence-corrected chi connectivity index (χ2v) is 5.37. The Kier molecular flexibility index (Phi) is 7.37. The predicted octanol–water partition coefficient (Wildman–Crippen LogP) is 3.69. The zero-order chi connectivity index (χ0) is 15.0. The third kappa shape index (κ3) is 5.78. The van der Waals surface area contributed by atoms with Gasteiger partial charge in [-0.15, -0.1) is 0 Å². The van der Waals surface area contributed by atoms with E-state index in [2.05, 4.69) is 30.7 Å². The van der Waals surface area contributed by atoms with Crippen LogP contribution in [0.25, 0.3) is 0 Å². The number of halogens is 1. The Morgan fingerprint density at radius 3 is 2.60 bits per heavy atom. The van der Waals surface area contributed by atoms with Crippen molar-refractivity contribution in [1.29, 1.82) is 0 Å². The highest BCUT2D eigenvalue weighted by molar-refractivity contribution is 5.94. The third-order valence-electron chi connectivity index (χ3n) is 3.42. The van der Waals surface area contributed by atoms with Gasteiger partial charge in [-0.1, -0.05) is 19.8 Å². The molecule has 1 aromatic rings. The first-order valence-electron chi connectivity index (χ1n) is 7.43. The van der Waals surface area contributed by atoms with Gasteiger partial charge in [-0.25, -0.2) is 4.39 Å². The molecule has 0 bridgehead atoms. The summed E-state index contributed by atoms with van der Waals surface area (Å²) in [6.07, 6.45) is 5.11. The first-order chi connectivity index (χ1) is 9.54.